The van der Waals surface area contributed by atoms with Crippen molar-refractivity contribution in [3.05, 3.63) is 62.4 Å². The van der Waals surface area contributed by atoms with Crippen LogP contribution in [0.1, 0.15) is 10.4 Å². The van der Waals surface area contributed by atoms with Gasteiger partial charge in [0.15, 0.2) is 5.15 Å². The second-order valence-electron chi connectivity index (χ2n) is 3.70. The molecule has 1 amide bonds. The summed E-state index contributed by atoms with van der Waals surface area (Å²) in [6.45, 7) is 0. The van der Waals surface area contributed by atoms with E-state index in [4.69, 9.17) is 23.2 Å². The number of nitrogens with zero attached hydrogens (tertiary/aromatic N) is 2. The Balaban J connectivity index is 2.31. The van der Waals surface area contributed by atoms with Crippen LogP contribution in [-0.4, -0.2) is 15.8 Å². The van der Waals surface area contributed by atoms with Crippen molar-refractivity contribution >= 4 is 40.5 Å². The summed E-state index contributed by atoms with van der Waals surface area (Å²) in [5, 5.41) is 13.5. The van der Waals surface area contributed by atoms with Crippen LogP contribution in [0.4, 0.5) is 11.4 Å². The molecule has 0 aliphatic rings. The Morgan fingerprint density at radius 2 is 1.90 bits per heavy atom. The zero-order chi connectivity index (χ0) is 14.7. The molecule has 0 unspecified atom stereocenters. The molecule has 1 aromatic heterocycles. The van der Waals surface area contributed by atoms with Crippen LogP contribution in [0.3, 0.4) is 0 Å². The summed E-state index contributed by atoms with van der Waals surface area (Å²) in [4.78, 5) is 26.0. The Hall–Kier alpha value is -2.18. The summed E-state index contributed by atoms with van der Waals surface area (Å²) in [6.07, 6.45) is 0. The molecule has 0 spiro atoms. The molecule has 6 nitrogen and oxygen atoms in total. The molecule has 102 valence electrons. The average Bonchev–Trinajstić information content (AvgIpc) is 2.41. The van der Waals surface area contributed by atoms with Crippen molar-refractivity contribution in [1.29, 1.82) is 0 Å². The Kier molecular flexibility index (Phi) is 4.16. The van der Waals surface area contributed by atoms with Crippen molar-refractivity contribution in [2.45, 2.75) is 0 Å². The first-order valence-corrected chi connectivity index (χ1v) is 6.11. The fourth-order valence-electron chi connectivity index (χ4n) is 1.52. The van der Waals surface area contributed by atoms with Crippen LogP contribution in [0.25, 0.3) is 0 Å². The van der Waals surface area contributed by atoms with Gasteiger partial charge in [0.25, 0.3) is 11.6 Å². The molecule has 0 aliphatic heterocycles. The first-order valence-electron chi connectivity index (χ1n) is 5.36. The molecular formula is C12H7Cl2N3O3. The summed E-state index contributed by atoms with van der Waals surface area (Å²) in [7, 11) is 0. The molecule has 0 bridgehead atoms. The first kappa shape index (κ1) is 14.2. The highest BCUT2D eigenvalue weighted by Crippen LogP contribution is 2.24. The number of nitrogens with one attached hydrogen (secondary N) is 1. The lowest BCUT2D eigenvalue weighted by Gasteiger charge is -2.07. The van der Waals surface area contributed by atoms with Gasteiger partial charge in [-0.15, -0.1) is 0 Å². The lowest BCUT2D eigenvalue weighted by Crippen LogP contribution is -2.14. The second-order valence-corrected chi connectivity index (χ2v) is 4.45. The van der Waals surface area contributed by atoms with Crippen LogP contribution < -0.4 is 5.32 Å². The van der Waals surface area contributed by atoms with E-state index in [9.17, 15) is 14.9 Å². The van der Waals surface area contributed by atoms with E-state index in [0.29, 0.717) is 0 Å². The number of nitro groups is 1. The molecule has 2 rings (SSSR count). The number of carbonyl (C=O) groups excluding carboxylic acids is 1. The number of pyridine rings is 1. The topological polar surface area (TPSA) is 85.1 Å². The molecule has 8 heteroatoms. The van der Waals surface area contributed by atoms with Crippen LogP contribution in [0.5, 0.6) is 0 Å². The maximum atomic E-state index is 12.0. The number of hydrogen-bond donors (Lipinski definition) is 1. The molecule has 20 heavy (non-hydrogen) atoms. The molecule has 1 N–H and O–H groups in total. The number of amides is 1. The van der Waals surface area contributed by atoms with Crippen molar-refractivity contribution < 1.29 is 9.72 Å². The predicted molar refractivity (Wildman–Crippen MR) is 75.3 cm³/mol. The van der Waals surface area contributed by atoms with Crippen molar-refractivity contribution in [3.63, 3.8) is 0 Å². The minimum atomic E-state index is -0.650. The molecule has 0 fully saturated rings. The van der Waals surface area contributed by atoms with E-state index >= 15 is 0 Å². The highest BCUT2D eigenvalue weighted by molar-refractivity contribution is 6.34. The molecule has 0 saturated heterocycles. The molecular weight excluding hydrogens is 305 g/mol. The summed E-state index contributed by atoms with van der Waals surface area (Å²) < 4.78 is 0. The smallest absolute Gasteiger partial charge is 0.282 e. The minimum absolute atomic E-state index is 0.00411. The van der Waals surface area contributed by atoms with Crippen LogP contribution in [0, 0.1) is 10.1 Å². The average molecular weight is 312 g/mol. The van der Waals surface area contributed by atoms with Crippen LogP contribution >= 0.6 is 23.2 Å². The van der Waals surface area contributed by atoms with Crippen LogP contribution in [-0.2, 0) is 0 Å². The van der Waals surface area contributed by atoms with Crippen LogP contribution in [0.2, 0.25) is 10.3 Å². The number of anilines is 1. The monoisotopic (exact) mass is 311 g/mol. The second kappa shape index (κ2) is 5.85. The summed E-state index contributed by atoms with van der Waals surface area (Å²) in [6, 6.07) is 8.52. The van der Waals surface area contributed by atoms with Gasteiger partial charge in [0, 0.05) is 6.07 Å². The van der Waals surface area contributed by atoms with E-state index in [0.717, 1.165) is 0 Å². The standard InChI is InChI=1S/C12H7Cl2N3O3/c13-10-6-5-8(11(14)16-10)15-12(18)7-3-1-2-4-9(7)17(19)20/h1-6H,(H,15,18). The molecule has 2 aromatic rings. The number of benzene rings is 1. The van der Waals surface area contributed by atoms with Gasteiger partial charge in [0.2, 0.25) is 0 Å². The lowest BCUT2D eigenvalue weighted by atomic mass is 10.1. The van der Waals surface area contributed by atoms with Gasteiger partial charge in [-0.2, -0.15) is 0 Å². The summed E-state index contributed by atoms with van der Waals surface area (Å²) >= 11 is 11.5. The third-order valence-electron chi connectivity index (χ3n) is 2.41. The third kappa shape index (κ3) is 3.04. The normalized spacial score (nSPS) is 10.1. The van der Waals surface area contributed by atoms with Gasteiger partial charge < -0.3 is 5.32 Å². The van der Waals surface area contributed by atoms with Crippen molar-refractivity contribution in [2.24, 2.45) is 0 Å². The quantitative estimate of drug-likeness (QED) is 0.533. The van der Waals surface area contributed by atoms with Gasteiger partial charge in [0.05, 0.1) is 10.6 Å². The first-order chi connectivity index (χ1) is 9.49. The van der Waals surface area contributed by atoms with E-state index in [1.807, 2.05) is 0 Å². The van der Waals surface area contributed by atoms with Gasteiger partial charge in [-0.1, -0.05) is 35.3 Å². The van der Waals surface area contributed by atoms with Gasteiger partial charge in [-0.25, -0.2) is 4.98 Å². The van der Waals surface area contributed by atoms with E-state index in [2.05, 4.69) is 10.3 Å². The molecule has 0 saturated carbocycles. The molecule has 0 radical (unpaired) electrons. The Morgan fingerprint density at radius 3 is 2.55 bits per heavy atom. The summed E-state index contributed by atoms with van der Waals surface area (Å²) in [5.41, 5.74) is -0.134. The van der Waals surface area contributed by atoms with Gasteiger partial charge in [0.1, 0.15) is 10.7 Å². The Labute approximate surface area is 123 Å². The van der Waals surface area contributed by atoms with E-state index in [-0.39, 0.29) is 27.2 Å². The Morgan fingerprint density at radius 1 is 1.20 bits per heavy atom. The number of nitro benzene ring substituents is 1. The number of para-hydroxylation sites is 1. The van der Waals surface area contributed by atoms with Gasteiger partial charge in [-0.3, -0.25) is 14.9 Å². The van der Waals surface area contributed by atoms with Gasteiger partial charge >= 0.3 is 0 Å². The third-order valence-corrected chi connectivity index (χ3v) is 2.91. The zero-order valence-corrected chi connectivity index (χ0v) is 11.4. The lowest BCUT2D eigenvalue weighted by molar-refractivity contribution is -0.385. The molecule has 1 heterocycles. The van der Waals surface area contributed by atoms with Crippen LogP contribution in [0.15, 0.2) is 36.4 Å². The van der Waals surface area contributed by atoms with Crippen molar-refractivity contribution in [2.75, 3.05) is 5.32 Å². The highest BCUT2D eigenvalue weighted by atomic mass is 35.5. The van der Waals surface area contributed by atoms with E-state index < -0.39 is 10.8 Å². The minimum Gasteiger partial charge on any atom is -0.319 e. The molecule has 0 aliphatic carbocycles. The number of carbonyl (C=O) groups is 1. The number of rotatable bonds is 3. The number of halogens is 2. The zero-order valence-electron chi connectivity index (χ0n) is 9.84. The van der Waals surface area contributed by atoms with Gasteiger partial charge in [-0.05, 0) is 18.2 Å². The van der Waals surface area contributed by atoms with Crippen molar-refractivity contribution in [3.8, 4) is 0 Å². The fraction of sp³-hybridized carbons (Fsp3) is 0. The largest absolute Gasteiger partial charge is 0.319 e. The van der Waals surface area contributed by atoms with Crippen molar-refractivity contribution in [1.82, 2.24) is 4.98 Å². The molecule has 0 atom stereocenters. The number of aromatic nitrogens is 1. The number of hydrogen-bond acceptors (Lipinski definition) is 4. The maximum Gasteiger partial charge on any atom is 0.282 e. The fourth-order valence-corrected chi connectivity index (χ4v) is 1.91. The summed E-state index contributed by atoms with van der Waals surface area (Å²) in [5.74, 6) is -0.650. The van der Waals surface area contributed by atoms with E-state index in [1.165, 1.54) is 36.4 Å². The highest BCUT2D eigenvalue weighted by Gasteiger charge is 2.20. The maximum absolute atomic E-state index is 12.0. The SMILES string of the molecule is O=C(Nc1ccc(Cl)nc1Cl)c1ccccc1[N+](=O)[O-]. The van der Waals surface area contributed by atoms with E-state index in [1.54, 1.807) is 0 Å². The molecule has 1 aromatic carbocycles. The predicted octanol–water partition coefficient (Wildman–Crippen LogP) is 3.55. The Bertz CT molecular complexity index is 691.